The van der Waals surface area contributed by atoms with E-state index in [1.165, 1.54) is 44.2 Å². The Morgan fingerprint density at radius 2 is 2.05 bits per heavy atom. The number of nitrogens with one attached hydrogen (secondary N) is 1. The Kier molecular flexibility index (Phi) is 4.99. The summed E-state index contributed by atoms with van der Waals surface area (Å²) in [7, 11) is 0. The van der Waals surface area contributed by atoms with Gasteiger partial charge >= 0.3 is 0 Å². The van der Waals surface area contributed by atoms with Crippen molar-refractivity contribution < 1.29 is 9.18 Å². The van der Waals surface area contributed by atoms with Crippen LogP contribution in [0.4, 0.5) is 10.1 Å². The van der Waals surface area contributed by atoms with Crippen LogP contribution in [0.1, 0.15) is 54.4 Å². The maximum atomic E-state index is 13.9. The minimum atomic E-state index is -0.477. The number of nitrogens with two attached hydrogens (primary N) is 1. The van der Waals surface area contributed by atoms with Gasteiger partial charge < -0.3 is 11.1 Å². The predicted molar refractivity (Wildman–Crippen MR) is 79.1 cm³/mol. The Morgan fingerprint density at radius 3 is 2.75 bits per heavy atom. The van der Waals surface area contributed by atoms with Crippen LogP contribution in [0.2, 0.25) is 0 Å². The smallest absolute Gasteiger partial charge is 0.254 e. The van der Waals surface area contributed by atoms with Crippen LogP contribution in [-0.4, -0.2) is 12.5 Å². The third-order valence-electron chi connectivity index (χ3n) is 4.08. The quantitative estimate of drug-likeness (QED) is 0.829. The van der Waals surface area contributed by atoms with Crippen molar-refractivity contribution in [1.29, 1.82) is 0 Å². The van der Waals surface area contributed by atoms with Crippen LogP contribution in [0, 0.1) is 18.7 Å². The number of benzene rings is 1. The second-order valence-corrected chi connectivity index (χ2v) is 5.75. The van der Waals surface area contributed by atoms with E-state index in [0.29, 0.717) is 23.7 Å². The normalized spacial score (nSPS) is 16.1. The molecule has 0 bridgehead atoms. The van der Waals surface area contributed by atoms with Gasteiger partial charge in [0.25, 0.3) is 5.91 Å². The summed E-state index contributed by atoms with van der Waals surface area (Å²) >= 11 is 0. The molecular weight excluding hydrogens is 255 g/mol. The highest BCUT2D eigenvalue weighted by Gasteiger charge is 2.16. The van der Waals surface area contributed by atoms with Crippen molar-refractivity contribution in [2.24, 2.45) is 5.92 Å². The zero-order valence-electron chi connectivity index (χ0n) is 12.0. The average molecular weight is 278 g/mol. The Morgan fingerprint density at radius 1 is 1.35 bits per heavy atom. The molecule has 110 valence electrons. The zero-order chi connectivity index (χ0) is 14.5. The van der Waals surface area contributed by atoms with Gasteiger partial charge in [-0.1, -0.05) is 32.1 Å². The van der Waals surface area contributed by atoms with E-state index in [0.717, 1.165) is 6.42 Å². The molecule has 1 aromatic rings. The Bertz CT molecular complexity index is 482. The number of carbonyl (C=O) groups excluding carboxylic acids is 1. The SMILES string of the molecule is Cc1cc(N)cc(C(=O)NCCC2CCCCC2)c1F. The molecule has 2 rings (SSSR count). The molecule has 4 heteroatoms. The fraction of sp³-hybridized carbons (Fsp3) is 0.562. The summed E-state index contributed by atoms with van der Waals surface area (Å²) in [6.45, 7) is 2.22. The molecule has 1 saturated carbocycles. The van der Waals surface area contributed by atoms with Gasteiger partial charge in [0.15, 0.2) is 0 Å². The predicted octanol–water partition coefficient (Wildman–Crippen LogP) is 3.42. The number of amides is 1. The Balaban J connectivity index is 1.88. The number of rotatable bonds is 4. The van der Waals surface area contributed by atoms with E-state index in [-0.39, 0.29) is 11.5 Å². The molecule has 0 spiro atoms. The number of hydrogen-bond donors (Lipinski definition) is 2. The summed E-state index contributed by atoms with van der Waals surface area (Å²) in [4.78, 5) is 12.0. The first-order valence-corrected chi connectivity index (χ1v) is 7.41. The van der Waals surface area contributed by atoms with Gasteiger partial charge in [0.1, 0.15) is 5.82 Å². The number of anilines is 1. The molecule has 1 aromatic carbocycles. The molecule has 0 unspecified atom stereocenters. The number of halogens is 1. The second-order valence-electron chi connectivity index (χ2n) is 5.75. The van der Waals surface area contributed by atoms with Crippen molar-refractivity contribution in [3.63, 3.8) is 0 Å². The van der Waals surface area contributed by atoms with E-state index in [1.54, 1.807) is 6.92 Å². The largest absolute Gasteiger partial charge is 0.399 e. The van der Waals surface area contributed by atoms with Gasteiger partial charge in [-0.05, 0) is 37.0 Å². The van der Waals surface area contributed by atoms with E-state index >= 15 is 0 Å². The van der Waals surface area contributed by atoms with E-state index in [1.807, 2.05) is 0 Å². The van der Waals surface area contributed by atoms with Crippen LogP contribution in [0.15, 0.2) is 12.1 Å². The van der Waals surface area contributed by atoms with Gasteiger partial charge in [0.2, 0.25) is 0 Å². The molecule has 3 nitrogen and oxygen atoms in total. The first-order chi connectivity index (χ1) is 9.58. The molecule has 3 N–H and O–H groups in total. The molecule has 1 aliphatic rings. The fourth-order valence-corrected chi connectivity index (χ4v) is 2.92. The lowest BCUT2D eigenvalue weighted by atomic mass is 9.87. The molecule has 0 saturated heterocycles. The number of carbonyl (C=O) groups is 1. The highest BCUT2D eigenvalue weighted by Crippen LogP contribution is 2.25. The third-order valence-corrected chi connectivity index (χ3v) is 4.08. The number of hydrogen-bond acceptors (Lipinski definition) is 2. The van der Waals surface area contributed by atoms with Crippen molar-refractivity contribution in [2.75, 3.05) is 12.3 Å². The van der Waals surface area contributed by atoms with E-state index in [2.05, 4.69) is 5.32 Å². The van der Waals surface area contributed by atoms with E-state index < -0.39 is 5.82 Å². The average Bonchev–Trinajstić information content (AvgIpc) is 2.44. The highest BCUT2D eigenvalue weighted by atomic mass is 19.1. The number of aryl methyl sites for hydroxylation is 1. The summed E-state index contributed by atoms with van der Waals surface area (Å²) in [6, 6.07) is 2.94. The van der Waals surface area contributed by atoms with Crippen LogP contribution in [0.3, 0.4) is 0 Å². The van der Waals surface area contributed by atoms with Crippen LogP contribution >= 0.6 is 0 Å². The minimum Gasteiger partial charge on any atom is -0.399 e. The van der Waals surface area contributed by atoms with Gasteiger partial charge in [0, 0.05) is 12.2 Å². The molecular formula is C16H23FN2O. The lowest BCUT2D eigenvalue weighted by molar-refractivity contribution is 0.0946. The first-order valence-electron chi connectivity index (χ1n) is 7.41. The van der Waals surface area contributed by atoms with Gasteiger partial charge in [-0.3, -0.25) is 4.79 Å². The molecule has 1 fully saturated rings. The maximum absolute atomic E-state index is 13.9. The van der Waals surface area contributed by atoms with Gasteiger partial charge in [0.05, 0.1) is 5.56 Å². The molecule has 0 radical (unpaired) electrons. The van der Waals surface area contributed by atoms with Crippen molar-refractivity contribution in [3.05, 3.63) is 29.1 Å². The van der Waals surface area contributed by atoms with Crippen LogP contribution in [0.5, 0.6) is 0 Å². The number of nitrogen functional groups attached to an aromatic ring is 1. The Labute approximate surface area is 119 Å². The van der Waals surface area contributed by atoms with Crippen molar-refractivity contribution >= 4 is 11.6 Å². The lowest BCUT2D eigenvalue weighted by Crippen LogP contribution is -2.27. The van der Waals surface area contributed by atoms with Crippen LogP contribution in [-0.2, 0) is 0 Å². The summed E-state index contributed by atoms with van der Waals surface area (Å²) in [5, 5.41) is 2.81. The van der Waals surface area contributed by atoms with Crippen molar-refractivity contribution in [3.8, 4) is 0 Å². The maximum Gasteiger partial charge on any atom is 0.254 e. The minimum absolute atomic E-state index is 0.0474. The van der Waals surface area contributed by atoms with Gasteiger partial charge in [-0.15, -0.1) is 0 Å². The molecule has 0 heterocycles. The molecule has 1 aliphatic carbocycles. The highest BCUT2D eigenvalue weighted by molar-refractivity contribution is 5.95. The first kappa shape index (κ1) is 14.8. The fourth-order valence-electron chi connectivity index (χ4n) is 2.92. The van der Waals surface area contributed by atoms with Gasteiger partial charge in [-0.2, -0.15) is 0 Å². The summed E-state index contributed by atoms with van der Waals surface area (Å²) in [6.07, 6.45) is 7.40. The summed E-state index contributed by atoms with van der Waals surface area (Å²) in [5.74, 6) is -0.139. The molecule has 0 atom stereocenters. The van der Waals surface area contributed by atoms with Crippen molar-refractivity contribution in [1.82, 2.24) is 5.32 Å². The molecule has 20 heavy (non-hydrogen) atoms. The summed E-state index contributed by atoms with van der Waals surface area (Å²) in [5.41, 5.74) is 6.54. The van der Waals surface area contributed by atoms with E-state index in [4.69, 9.17) is 5.73 Å². The van der Waals surface area contributed by atoms with Crippen LogP contribution < -0.4 is 11.1 Å². The third kappa shape index (κ3) is 3.71. The Hall–Kier alpha value is -1.58. The topological polar surface area (TPSA) is 55.1 Å². The molecule has 1 amide bonds. The van der Waals surface area contributed by atoms with E-state index in [9.17, 15) is 9.18 Å². The lowest BCUT2D eigenvalue weighted by Gasteiger charge is -2.21. The van der Waals surface area contributed by atoms with Crippen LogP contribution in [0.25, 0.3) is 0 Å². The van der Waals surface area contributed by atoms with Crippen molar-refractivity contribution in [2.45, 2.75) is 45.4 Å². The zero-order valence-corrected chi connectivity index (χ0v) is 12.0. The standard InChI is InChI=1S/C16H23FN2O/c1-11-9-13(18)10-14(15(11)17)16(20)19-8-7-12-5-3-2-4-6-12/h9-10,12H,2-8,18H2,1H3,(H,19,20). The summed E-state index contributed by atoms with van der Waals surface area (Å²) < 4.78 is 13.9. The second kappa shape index (κ2) is 6.73. The monoisotopic (exact) mass is 278 g/mol. The van der Waals surface area contributed by atoms with Gasteiger partial charge in [-0.25, -0.2) is 4.39 Å². The molecule has 0 aliphatic heterocycles. The molecule has 0 aromatic heterocycles.